The van der Waals surface area contributed by atoms with E-state index in [9.17, 15) is 4.79 Å². The number of hydrogen-bond donors (Lipinski definition) is 1. The summed E-state index contributed by atoms with van der Waals surface area (Å²) in [4.78, 5) is 21.2. The van der Waals surface area contributed by atoms with Crippen LogP contribution in [0.4, 0.5) is 5.95 Å². The fraction of sp³-hybridized carbons (Fsp3) is 0.263. The van der Waals surface area contributed by atoms with E-state index in [-0.39, 0.29) is 11.8 Å². The molecule has 26 heavy (non-hydrogen) atoms. The second kappa shape index (κ2) is 8.10. The largest absolute Gasteiger partial charge is 0.350 e. The fourth-order valence-corrected chi connectivity index (χ4v) is 2.69. The first-order valence-electron chi connectivity index (χ1n) is 8.42. The number of halogens is 1. The summed E-state index contributed by atoms with van der Waals surface area (Å²) in [5, 5.41) is 8.25. The van der Waals surface area contributed by atoms with Crippen LogP contribution < -0.4 is 5.32 Å². The van der Waals surface area contributed by atoms with Crippen molar-refractivity contribution in [3.63, 3.8) is 0 Å². The van der Waals surface area contributed by atoms with Crippen molar-refractivity contribution in [2.24, 2.45) is 5.92 Å². The summed E-state index contributed by atoms with van der Waals surface area (Å²) in [6, 6.07) is 11.2. The Morgan fingerprint density at radius 2 is 2.12 bits per heavy atom. The van der Waals surface area contributed by atoms with Crippen LogP contribution in [0.5, 0.6) is 0 Å². The topological polar surface area (TPSA) is 72.7 Å². The van der Waals surface area contributed by atoms with Crippen LogP contribution in [0, 0.1) is 5.92 Å². The predicted molar refractivity (Wildman–Crippen MR) is 102 cm³/mol. The number of pyridine rings is 1. The first-order chi connectivity index (χ1) is 12.5. The molecule has 0 unspecified atom stereocenters. The molecule has 0 atom stereocenters. The maximum Gasteiger partial charge on any atom is 0.250 e. The summed E-state index contributed by atoms with van der Waals surface area (Å²) >= 11 is 6.03. The Kier molecular flexibility index (Phi) is 5.63. The number of anilines is 1. The van der Waals surface area contributed by atoms with Gasteiger partial charge < -0.3 is 5.32 Å². The molecule has 2 heterocycles. The smallest absolute Gasteiger partial charge is 0.250 e. The molecule has 0 radical (unpaired) electrons. The van der Waals surface area contributed by atoms with E-state index in [1.807, 2.05) is 50.2 Å². The Balaban J connectivity index is 1.88. The molecule has 0 aliphatic heterocycles. The van der Waals surface area contributed by atoms with Gasteiger partial charge in [-0.2, -0.15) is 9.67 Å². The maximum absolute atomic E-state index is 12.6. The number of carbonyl (C=O) groups excluding carboxylic acids is 1. The minimum atomic E-state index is -0.101. The molecule has 2 aromatic heterocycles. The first kappa shape index (κ1) is 18.1. The van der Waals surface area contributed by atoms with Gasteiger partial charge in [-0.3, -0.25) is 9.78 Å². The van der Waals surface area contributed by atoms with E-state index >= 15 is 0 Å². The van der Waals surface area contributed by atoms with Crippen molar-refractivity contribution in [3.05, 3.63) is 59.4 Å². The summed E-state index contributed by atoms with van der Waals surface area (Å²) in [6.45, 7) is 4.48. The van der Waals surface area contributed by atoms with Crippen molar-refractivity contribution in [2.45, 2.75) is 26.8 Å². The van der Waals surface area contributed by atoms with Crippen LogP contribution >= 0.6 is 11.6 Å². The third kappa shape index (κ3) is 4.46. The SMILES string of the molecule is CC(C)CC(=O)n1nc(-c2cccnc2)nc1NCc1cccc(Cl)c1. The monoisotopic (exact) mass is 369 g/mol. The van der Waals surface area contributed by atoms with Crippen LogP contribution in [0.2, 0.25) is 5.02 Å². The van der Waals surface area contributed by atoms with Gasteiger partial charge in [0, 0.05) is 35.9 Å². The number of hydrogen-bond acceptors (Lipinski definition) is 5. The highest BCUT2D eigenvalue weighted by atomic mass is 35.5. The second-order valence-electron chi connectivity index (χ2n) is 6.39. The average Bonchev–Trinajstić information content (AvgIpc) is 3.05. The third-order valence-corrected chi connectivity index (χ3v) is 3.92. The molecule has 0 saturated carbocycles. The van der Waals surface area contributed by atoms with Crippen LogP contribution in [-0.4, -0.2) is 25.7 Å². The van der Waals surface area contributed by atoms with Gasteiger partial charge in [-0.05, 0) is 35.7 Å². The number of benzene rings is 1. The molecule has 1 aromatic carbocycles. The van der Waals surface area contributed by atoms with Crippen molar-refractivity contribution in [1.82, 2.24) is 19.7 Å². The lowest BCUT2D eigenvalue weighted by molar-refractivity contribution is 0.0873. The van der Waals surface area contributed by atoms with Crippen molar-refractivity contribution in [3.8, 4) is 11.4 Å². The number of nitrogens with one attached hydrogen (secondary N) is 1. The van der Waals surface area contributed by atoms with Gasteiger partial charge in [-0.25, -0.2) is 0 Å². The third-order valence-electron chi connectivity index (χ3n) is 3.69. The molecule has 3 aromatic rings. The van der Waals surface area contributed by atoms with Gasteiger partial charge in [0.15, 0.2) is 5.82 Å². The van der Waals surface area contributed by atoms with E-state index < -0.39 is 0 Å². The van der Waals surface area contributed by atoms with Crippen molar-refractivity contribution in [1.29, 1.82) is 0 Å². The molecule has 7 heteroatoms. The van der Waals surface area contributed by atoms with Gasteiger partial charge in [-0.1, -0.05) is 37.6 Å². The summed E-state index contributed by atoms with van der Waals surface area (Å²) in [7, 11) is 0. The minimum Gasteiger partial charge on any atom is -0.350 e. The molecule has 0 aliphatic rings. The van der Waals surface area contributed by atoms with E-state index in [1.165, 1.54) is 4.68 Å². The summed E-state index contributed by atoms with van der Waals surface area (Å²) in [5.74, 6) is 1.00. The molecule has 0 fully saturated rings. The highest BCUT2D eigenvalue weighted by Gasteiger charge is 2.18. The summed E-state index contributed by atoms with van der Waals surface area (Å²) < 4.78 is 1.34. The Labute approximate surface area is 157 Å². The summed E-state index contributed by atoms with van der Waals surface area (Å²) in [5.41, 5.74) is 1.75. The normalized spacial score (nSPS) is 10.9. The molecule has 134 valence electrons. The molecule has 0 aliphatic carbocycles. The quantitative estimate of drug-likeness (QED) is 0.701. The molecule has 0 amide bonds. The van der Waals surface area contributed by atoms with Gasteiger partial charge in [0.25, 0.3) is 0 Å². The Hall–Kier alpha value is -2.73. The zero-order valence-corrected chi connectivity index (χ0v) is 15.4. The maximum atomic E-state index is 12.6. The molecule has 0 spiro atoms. The van der Waals surface area contributed by atoms with E-state index in [0.717, 1.165) is 11.1 Å². The van der Waals surface area contributed by atoms with Crippen LogP contribution in [-0.2, 0) is 6.54 Å². The Morgan fingerprint density at radius 1 is 1.27 bits per heavy atom. The van der Waals surface area contributed by atoms with Crippen LogP contribution in [0.1, 0.15) is 30.6 Å². The second-order valence-corrected chi connectivity index (χ2v) is 6.82. The van der Waals surface area contributed by atoms with Crippen LogP contribution in [0.25, 0.3) is 11.4 Å². The number of rotatable bonds is 6. The average molecular weight is 370 g/mol. The molecule has 0 saturated heterocycles. The highest BCUT2D eigenvalue weighted by Crippen LogP contribution is 2.19. The standard InChI is InChI=1S/C19H20ClN5O/c1-13(2)9-17(26)25-19(22-11-14-5-3-7-16(20)10-14)23-18(24-25)15-6-4-8-21-12-15/h3-8,10,12-13H,9,11H2,1-2H3,(H,22,23,24). The van der Waals surface area contributed by atoms with Crippen molar-refractivity contribution in [2.75, 3.05) is 5.32 Å². The molecule has 6 nitrogen and oxygen atoms in total. The predicted octanol–water partition coefficient (Wildman–Crippen LogP) is 4.29. The molecule has 0 bridgehead atoms. The molecular formula is C19H20ClN5O. The van der Waals surface area contributed by atoms with Crippen molar-refractivity contribution >= 4 is 23.5 Å². The zero-order valence-electron chi connectivity index (χ0n) is 14.7. The van der Waals surface area contributed by atoms with Gasteiger partial charge in [-0.15, -0.1) is 5.10 Å². The number of aromatic nitrogens is 4. The number of carbonyl (C=O) groups is 1. The van der Waals surface area contributed by atoms with Gasteiger partial charge in [0.1, 0.15) is 0 Å². The highest BCUT2D eigenvalue weighted by molar-refractivity contribution is 6.30. The van der Waals surface area contributed by atoms with Gasteiger partial charge in [0.2, 0.25) is 11.9 Å². The van der Waals surface area contributed by atoms with Gasteiger partial charge >= 0.3 is 0 Å². The molecule has 1 N–H and O–H groups in total. The lowest BCUT2D eigenvalue weighted by Gasteiger charge is -2.08. The summed E-state index contributed by atoms with van der Waals surface area (Å²) in [6.07, 6.45) is 3.75. The van der Waals surface area contributed by atoms with E-state index in [2.05, 4.69) is 20.4 Å². The molecular weight excluding hydrogens is 350 g/mol. The van der Waals surface area contributed by atoms with E-state index in [1.54, 1.807) is 12.4 Å². The lowest BCUT2D eigenvalue weighted by atomic mass is 10.1. The van der Waals surface area contributed by atoms with Crippen LogP contribution in [0.3, 0.4) is 0 Å². The van der Waals surface area contributed by atoms with E-state index in [4.69, 9.17) is 11.6 Å². The Morgan fingerprint density at radius 3 is 2.81 bits per heavy atom. The first-order valence-corrected chi connectivity index (χ1v) is 8.79. The minimum absolute atomic E-state index is 0.101. The van der Waals surface area contributed by atoms with E-state index in [0.29, 0.717) is 29.8 Å². The van der Waals surface area contributed by atoms with Crippen molar-refractivity contribution < 1.29 is 4.79 Å². The fourth-order valence-electron chi connectivity index (χ4n) is 2.48. The van der Waals surface area contributed by atoms with Crippen LogP contribution in [0.15, 0.2) is 48.8 Å². The Bertz CT molecular complexity index is 892. The number of nitrogens with zero attached hydrogens (tertiary/aromatic N) is 4. The zero-order chi connectivity index (χ0) is 18.5. The van der Waals surface area contributed by atoms with Gasteiger partial charge in [0.05, 0.1) is 0 Å². The lowest BCUT2D eigenvalue weighted by Crippen LogP contribution is -2.18. The molecule has 3 rings (SSSR count).